The van der Waals surface area contributed by atoms with Crippen molar-refractivity contribution in [3.8, 4) is 0 Å². The van der Waals surface area contributed by atoms with E-state index in [4.69, 9.17) is 4.74 Å². The predicted molar refractivity (Wildman–Crippen MR) is 79.0 cm³/mol. The molecule has 0 bridgehead atoms. The third kappa shape index (κ3) is 2.43. The Balaban J connectivity index is 1.91. The van der Waals surface area contributed by atoms with Crippen LogP contribution in [0.1, 0.15) is 47.8 Å². The molecule has 0 aromatic heterocycles. The molecule has 0 radical (unpaired) electrons. The molecule has 1 aliphatic heterocycles. The van der Waals surface area contributed by atoms with Crippen LogP contribution in [0.2, 0.25) is 0 Å². The predicted octanol–water partition coefficient (Wildman–Crippen LogP) is 2.16. The van der Waals surface area contributed by atoms with Gasteiger partial charge in [0.1, 0.15) is 0 Å². The molecular weight excluding hydrogens is 282 g/mol. The van der Waals surface area contributed by atoms with Crippen LogP contribution in [0.5, 0.6) is 0 Å². The first-order valence-corrected chi connectivity index (χ1v) is 7.36. The Bertz CT molecular complexity index is 672. The van der Waals surface area contributed by atoms with Gasteiger partial charge in [0, 0.05) is 12.2 Å². The van der Waals surface area contributed by atoms with Crippen molar-refractivity contribution < 1.29 is 19.1 Å². The Morgan fingerprint density at radius 3 is 2.55 bits per heavy atom. The molecule has 0 fully saturated rings. The molecule has 1 aliphatic carbocycles. The average molecular weight is 299 g/mol. The normalized spacial score (nSPS) is 20.0. The molecule has 22 heavy (non-hydrogen) atoms. The van der Waals surface area contributed by atoms with Gasteiger partial charge in [0.05, 0.1) is 17.7 Å². The Labute approximate surface area is 128 Å². The highest BCUT2D eigenvalue weighted by Crippen LogP contribution is 2.37. The molecule has 0 saturated carbocycles. The number of benzene rings is 1. The number of nitrogens with zero attached hydrogens (tertiary/aromatic N) is 1. The van der Waals surface area contributed by atoms with E-state index >= 15 is 0 Å². The highest BCUT2D eigenvalue weighted by Gasteiger charge is 2.36. The number of amides is 2. The van der Waals surface area contributed by atoms with E-state index in [1.807, 2.05) is 6.07 Å². The highest BCUT2D eigenvalue weighted by molar-refractivity contribution is 6.13. The van der Waals surface area contributed by atoms with Crippen LogP contribution in [0.15, 0.2) is 30.4 Å². The van der Waals surface area contributed by atoms with Gasteiger partial charge in [0.2, 0.25) is 0 Å². The number of hydrogen-bond donors (Lipinski definition) is 0. The van der Waals surface area contributed by atoms with Crippen LogP contribution in [0.3, 0.4) is 0 Å². The van der Waals surface area contributed by atoms with Crippen molar-refractivity contribution in [2.45, 2.75) is 38.8 Å². The molecule has 1 aromatic rings. The number of ether oxygens (including phenoxy) is 1. The monoisotopic (exact) mass is 299 g/mol. The second kappa shape index (κ2) is 5.40. The van der Waals surface area contributed by atoms with Gasteiger partial charge in [-0.1, -0.05) is 6.07 Å². The van der Waals surface area contributed by atoms with Crippen LogP contribution >= 0.6 is 0 Å². The smallest absolute Gasteiger partial charge is 0.338 e. The summed E-state index contributed by atoms with van der Waals surface area (Å²) in [7, 11) is 0. The van der Waals surface area contributed by atoms with Gasteiger partial charge in [0.25, 0.3) is 11.8 Å². The lowest BCUT2D eigenvalue weighted by molar-refractivity contribution is -0.139. The number of esters is 1. The topological polar surface area (TPSA) is 63.7 Å². The fraction of sp³-hybridized carbons (Fsp3) is 0.353. The minimum Gasteiger partial charge on any atom is -0.459 e. The number of carbonyl (C=O) groups excluding carboxylic acids is 3. The van der Waals surface area contributed by atoms with Gasteiger partial charge < -0.3 is 4.74 Å². The Kier molecular flexibility index (Phi) is 3.56. The fourth-order valence-corrected chi connectivity index (χ4v) is 2.98. The SMILES string of the molecule is CC(C)OC(=O)c1ccc2c(c1)[C@@H](N1C(=O)C=CC1=O)CC2. The van der Waals surface area contributed by atoms with Crippen molar-refractivity contribution in [2.24, 2.45) is 0 Å². The molecule has 5 heteroatoms. The third-order valence-electron chi connectivity index (χ3n) is 3.93. The van der Waals surface area contributed by atoms with Crippen LogP contribution in [-0.2, 0) is 20.7 Å². The second-order valence-corrected chi connectivity index (χ2v) is 5.80. The summed E-state index contributed by atoms with van der Waals surface area (Å²) in [5, 5.41) is 0. The zero-order chi connectivity index (χ0) is 15.9. The van der Waals surface area contributed by atoms with Crippen molar-refractivity contribution in [3.63, 3.8) is 0 Å². The largest absolute Gasteiger partial charge is 0.459 e. The zero-order valence-corrected chi connectivity index (χ0v) is 12.5. The van der Waals surface area contributed by atoms with E-state index < -0.39 is 0 Å². The van der Waals surface area contributed by atoms with Gasteiger partial charge in [0.15, 0.2) is 0 Å². The summed E-state index contributed by atoms with van der Waals surface area (Å²) >= 11 is 0. The van der Waals surface area contributed by atoms with Gasteiger partial charge in [-0.2, -0.15) is 0 Å². The van der Waals surface area contributed by atoms with E-state index in [1.54, 1.807) is 26.0 Å². The third-order valence-corrected chi connectivity index (χ3v) is 3.93. The van der Waals surface area contributed by atoms with Gasteiger partial charge in [-0.25, -0.2) is 4.79 Å². The first-order valence-electron chi connectivity index (χ1n) is 7.36. The molecule has 114 valence electrons. The van der Waals surface area contributed by atoms with Gasteiger partial charge in [-0.15, -0.1) is 0 Å². The van der Waals surface area contributed by atoms with Crippen molar-refractivity contribution in [3.05, 3.63) is 47.0 Å². The van der Waals surface area contributed by atoms with Gasteiger partial charge >= 0.3 is 5.97 Å². The van der Waals surface area contributed by atoms with Crippen LogP contribution in [-0.4, -0.2) is 28.8 Å². The van der Waals surface area contributed by atoms with E-state index in [9.17, 15) is 14.4 Å². The van der Waals surface area contributed by atoms with E-state index in [1.165, 1.54) is 17.1 Å². The summed E-state index contributed by atoms with van der Waals surface area (Å²) in [5.41, 5.74) is 2.38. The summed E-state index contributed by atoms with van der Waals surface area (Å²) in [4.78, 5) is 37.0. The molecule has 2 amide bonds. The molecule has 2 aliphatic rings. The van der Waals surface area contributed by atoms with Crippen molar-refractivity contribution >= 4 is 17.8 Å². The molecular formula is C17H17NO4. The zero-order valence-electron chi connectivity index (χ0n) is 12.5. The van der Waals surface area contributed by atoms with Crippen LogP contribution in [0.25, 0.3) is 0 Å². The molecule has 1 heterocycles. The molecule has 1 aromatic carbocycles. The summed E-state index contributed by atoms with van der Waals surface area (Å²) < 4.78 is 5.20. The van der Waals surface area contributed by atoms with Crippen LogP contribution in [0, 0.1) is 0 Å². The number of fused-ring (bicyclic) bond motifs is 1. The quantitative estimate of drug-likeness (QED) is 0.634. The molecule has 0 saturated heterocycles. The first kappa shape index (κ1) is 14.5. The summed E-state index contributed by atoms with van der Waals surface area (Å²) in [6.45, 7) is 3.59. The number of rotatable bonds is 3. The van der Waals surface area contributed by atoms with Gasteiger partial charge in [-0.3, -0.25) is 14.5 Å². The maximum atomic E-state index is 12.0. The second-order valence-electron chi connectivity index (χ2n) is 5.80. The summed E-state index contributed by atoms with van der Waals surface area (Å²) in [5.74, 6) is -0.975. The number of carbonyl (C=O) groups is 3. The van der Waals surface area contributed by atoms with Crippen molar-refractivity contribution in [1.82, 2.24) is 4.90 Å². The first-order chi connectivity index (χ1) is 10.5. The Hall–Kier alpha value is -2.43. The van der Waals surface area contributed by atoms with Crippen molar-refractivity contribution in [1.29, 1.82) is 0 Å². The lowest BCUT2D eigenvalue weighted by Gasteiger charge is -2.23. The Morgan fingerprint density at radius 2 is 1.91 bits per heavy atom. The molecule has 3 rings (SSSR count). The molecule has 0 N–H and O–H groups in total. The highest BCUT2D eigenvalue weighted by atomic mass is 16.5. The lowest BCUT2D eigenvalue weighted by atomic mass is 10.0. The number of hydrogen-bond acceptors (Lipinski definition) is 4. The summed E-state index contributed by atoms with van der Waals surface area (Å²) in [6.07, 6.45) is 3.87. The molecule has 1 atom stereocenters. The minimum atomic E-state index is -0.388. The Morgan fingerprint density at radius 1 is 1.23 bits per heavy atom. The average Bonchev–Trinajstić information content (AvgIpc) is 3.01. The number of aryl methyl sites for hydroxylation is 1. The fourth-order valence-electron chi connectivity index (χ4n) is 2.98. The lowest BCUT2D eigenvalue weighted by Crippen LogP contribution is -2.33. The maximum Gasteiger partial charge on any atom is 0.338 e. The van der Waals surface area contributed by atoms with Crippen molar-refractivity contribution in [2.75, 3.05) is 0 Å². The van der Waals surface area contributed by atoms with Crippen LogP contribution < -0.4 is 0 Å². The molecule has 0 spiro atoms. The summed E-state index contributed by atoms with van der Waals surface area (Å²) in [6, 6.07) is 5.07. The standard InChI is InChI=1S/C17H17NO4/c1-10(2)22-17(21)12-4-3-11-5-6-14(13(11)9-12)18-15(19)7-8-16(18)20/h3-4,7-10,14H,5-6H2,1-2H3/t14-/m0/s1. The van der Waals surface area contributed by atoms with E-state index in [0.717, 1.165) is 17.5 Å². The molecule has 5 nitrogen and oxygen atoms in total. The van der Waals surface area contributed by atoms with Gasteiger partial charge in [-0.05, 0) is 49.9 Å². The number of imide groups is 1. The molecule has 0 unspecified atom stereocenters. The maximum absolute atomic E-state index is 12.0. The van der Waals surface area contributed by atoms with E-state index in [0.29, 0.717) is 12.0 Å². The van der Waals surface area contributed by atoms with E-state index in [-0.39, 0.29) is 29.9 Å². The van der Waals surface area contributed by atoms with Crippen LogP contribution in [0.4, 0.5) is 0 Å². The van der Waals surface area contributed by atoms with E-state index in [2.05, 4.69) is 0 Å². The minimum absolute atomic E-state index is 0.192.